The van der Waals surface area contributed by atoms with Crippen LogP contribution in [0.2, 0.25) is 0 Å². The molecule has 0 fully saturated rings. The van der Waals surface area contributed by atoms with Gasteiger partial charge in [-0.15, -0.1) is 0 Å². The predicted molar refractivity (Wildman–Crippen MR) is 94.6 cm³/mol. The average molecular weight is 319 g/mol. The summed E-state index contributed by atoms with van der Waals surface area (Å²) >= 11 is 0. The van der Waals surface area contributed by atoms with Gasteiger partial charge in [-0.2, -0.15) is 0 Å². The molecule has 1 rings (SSSR count). The number of rotatable bonds is 9. The standard InChI is InChI=1S/C18H29N3O2/c1-5-6-7-11-19-17(22)12-21(4)13-18(23)20-16-10-8-9-14(2)15(16)3/h8-10H,5-7,11-13H2,1-4H3,(H,19,22)(H,20,23). The van der Waals surface area contributed by atoms with Crippen LogP contribution < -0.4 is 10.6 Å². The van der Waals surface area contributed by atoms with E-state index in [4.69, 9.17) is 0 Å². The molecule has 0 atom stereocenters. The zero-order valence-corrected chi connectivity index (χ0v) is 14.7. The van der Waals surface area contributed by atoms with Crippen molar-refractivity contribution in [2.75, 3.05) is 32.0 Å². The number of nitrogens with one attached hydrogen (secondary N) is 2. The summed E-state index contributed by atoms with van der Waals surface area (Å²) in [6.45, 7) is 7.25. The number of likely N-dealkylation sites (N-methyl/N-ethyl adjacent to an activating group) is 1. The van der Waals surface area contributed by atoms with Crippen molar-refractivity contribution < 1.29 is 9.59 Å². The lowest BCUT2D eigenvalue weighted by molar-refractivity contribution is -0.122. The van der Waals surface area contributed by atoms with E-state index in [0.29, 0.717) is 6.54 Å². The molecule has 0 saturated heterocycles. The zero-order valence-electron chi connectivity index (χ0n) is 14.7. The molecule has 5 nitrogen and oxygen atoms in total. The van der Waals surface area contributed by atoms with E-state index < -0.39 is 0 Å². The summed E-state index contributed by atoms with van der Waals surface area (Å²) < 4.78 is 0. The van der Waals surface area contributed by atoms with Crippen LogP contribution in [0, 0.1) is 13.8 Å². The predicted octanol–water partition coefficient (Wildman–Crippen LogP) is 2.48. The lowest BCUT2D eigenvalue weighted by Crippen LogP contribution is -2.39. The maximum atomic E-state index is 12.1. The quantitative estimate of drug-likeness (QED) is 0.687. The van der Waals surface area contributed by atoms with Crippen LogP contribution in [0.1, 0.15) is 37.3 Å². The van der Waals surface area contributed by atoms with Gasteiger partial charge in [-0.25, -0.2) is 0 Å². The summed E-state index contributed by atoms with van der Waals surface area (Å²) in [5.41, 5.74) is 3.03. The Labute approximate surface area is 139 Å². The fourth-order valence-corrected chi connectivity index (χ4v) is 2.28. The molecule has 0 aromatic heterocycles. The van der Waals surface area contributed by atoms with Crippen molar-refractivity contribution in [3.8, 4) is 0 Å². The van der Waals surface area contributed by atoms with Gasteiger partial charge in [-0.3, -0.25) is 14.5 Å². The highest BCUT2D eigenvalue weighted by Crippen LogP contribution is 2.17. The molecule has 0 bridgehead atoms. The zero-order chi connectivity index (χ0) is 17.2. The first kappa shape index (κ1) is 19.2. The van der Waals surface area contributed by atoms with Gasteiger partial charge in [0.1, 0.15) is 0 Å². The Hall–Kier alpha value is -1.88. The molecule has 0 radical (unpaired) electrons. The minimum Gasteiger partial charge on any atom is -0.355 e. The number of unbranched alkanes of at least 4 members (excludes halogenated alkanes) is 2. The van der Waals surface area contributed by atoms with E-state index >= 15 is 0 Å². The molecule has 0 spiro atoms. The van der Waals surface area contributed by atoms with Gasteiger partial charge in [-0.1, -0.05) is 31.9 Å². The first-order valence-corrected chi connectivity index (χ1v) is 8.25. The second-order valence-electron chi connectivity index (χ2n) is 6.02. The van der Waals surface area contributed by atoms with Gasteiger partial charge in [0.15, 0.2) is 0 Å². The number of amides is 2. The summed E-state index contributed by atoms with van der Waals surface area (Å²) in [7, 11) is 1.77. The highest BCUT2D eigenvalue weighted by atomic mass is 16.2. The second-order valence-corrected chi connectivity index (χ2v) is 6.02. The Kier molecular flexibility index (Phi) is 8.33. The van der Waals surface area contributed by atoms with Gasteiger partial charge in [0.05, 0.1) is 13.1 Å². The molecular formula is C18H29N3O2. The van der Waals surface area contributed by atoms with Crippen LogP contribution in [0.25, 0.3) is 0 Å². The molecule has 0 aliphatic heterocycles. The maximum Gasteiger partial charge on any atom is 0.238 e. The highest BCUT2D eigenvalue weighted by Gasteiger charge is 2.11. The highest BCUT2D eigenvalue weighted by molar-refractivity contribution is 5.93. The van der Waals surface area contributed by atoms with Crippen LogP contribution in [0.3, 0.4) is 0 Å². The van der Waals surface area contributed by atoms with Crippen molar-refractivity contribution in [3.05, 3.63) is 29.3 Å². The number of benzene rings is 1. The molecule has 23 heavy (non-hydrogen) atoms. The molecule has 1 aromatic rings. The summed E-state index contributed by atoms with van der Waals surface area (Å²) in [5.74, 6) is -0.150. The molecule has 128 valence electrons. The van der Waals surface area contributed by atoms with E-state index in [0.717, 1.165) is 36.1 Å². The van der Waals surface area contributed by atoms with Crippen LogP contribution in [-0.2, 0) is 9.59 Å². The third kappa shape index (κ3) is 7.28. The van der Waals surface area contributed by atoms with E-state index in [-0.39, 0.29) is 24.9 Å². The van der Waals surface area contributed by atoms with Gasteiger partial charge in [0, 0.05) is 12.2 Å². The smallest absolute Gasteiger partial charge is 0.238 e. The summed E-state index contributed by atoms with van der Waals surface area (Å²) in [5, 5.41) is 5.78. The molecule has 0 aliphatic carbocycles. The fraction of sp³-hybridized carbons (Fsp3) is 0.556. The van der Waals surface area contributed by atoms with Crippen LogP contribution >= 0.6 is 0 Å². The Balaban J connectivity index is 2.36. The van der Waals surface area contributed by atoms with Crippen molar-refractivity contribution >= 4 is 17.5 Å². The van der Waals surface area contributed by atoms with Gasteiger partial charge < -0.3 is 10.6 Å². The van der Waals surface area contributed by atoms with Crippen LogP contribution in [-0.4, -0.2) is 43.4 Å². The van der Waals surface area contributed by atoms with Crippen molar-refractivity contribution in [2.24, 2.45) is 0 Å². The number of nitrogens with zero attached hydrogens (tertiary/aromatic N) is 1. The molecule has 0 heterocycles. The summed E-state index contributed by atoms with van der Waals surface area (Å²) in [6, 6.07) is 5.83. The number of aryl methyl sites for hydroxylation is 1. The Bertz CT molecular complexity index is 529. The topological polar surface area (TPSA) is 61.4 Å². The van der Waals surface area contributed by atoms with Crippen molar-refractivity contribution in [1.82, 2.24) is 10.2 Å². The number of anilines is 1. The second kappa shape index (κ2) is 10.0. The monoisotopic (exact) mass is 319 g/mol. The summed E-state index contributed by atoms with van der Waals surface area (Å²) in [4.78, 5) is 25.6. The number of hydrogen-bond acceptors (Lipinski definition) is 3. The molecule has 2 amide bonds. The molecular weight excluding hydrogens is 290 g/mol. The van der Waals surface area contributed by atoms with Gasteiger partial charge >= 0.3 is 0 Å². The van der Waals surface area contributed by atoms with Crippen molar-refractivity contribution in [1.29, 1.82) is 0 Å². The van der Waals surface area contributed by atoms with Crippen molar-refractivity contribution in [3.63, 3.8) is 0 Å². The first-order valence-electron chi connectivity index (χ1n) is 8.25. The minimum absolute atomic E-state index is 0.0388. The Morgan fingerprint density at radius 3 is 2.48 bits per heavy atom. The van der Waals surface area contributed by atoms with E-state index in [1.165, 1.54) is 0 Å². The third-order valence-corrected chi connectivity index (χ3v) is 3.81. The fourth-order valence-electron chi connectivity index (χ4n) is 2.28. The average Bonchev–Trinajstić information content (AvgIpc) is 2.48. The van der Waals surface area contributed by atoms with Crippen LogP contribution in [0.5, 0.6) is 0 Å². The number of hydrogen-bond donors (Lipinski definition) is 2. The lowest BCUT2D eigenvalue weighted by Gasteiger charge is -2.17. The molecule has 1 aromatic carbocycles. The van der Waals surface area contributed by atoms with E-state index in [2.05, 4.69) is 17.6 Å². The van der Waals surface area contributed by atoms with E-state index in [1.54, 1.807) is 11.9 Å². The van der Waals surface area contributed by atoms with Gasteiger partial charge in [0.2, 0.25) is 11.8 Å². The van der Waals surface area contributed by atoms with Gasteiger partial charge in [0.25, 0.3) is 0 Å². The van der Waals surface area contributed by atoms with E-state index in [1.807, 2.05) is 32.0 Å². The third-order valence-electron chi connectivity index (χ3n) is 3.81. The first-order chi connectivity index (χ1) is 10.9. The summed E-state index contributed by atoms with van der Waals surface area (Å²) in [6.07, 6.45) is 3.25. The molecule has 2 N–H and O–H groups in total. The number of carbonyl (C=O) groups excluding carboxylic acids is 2. The SMILES string of the molecule is CCCCCNC(=O)CN(C)CC(=O)Nc1cccc(C)c1C. The van der Waals surface area contributed by atoms with Crippen LogP contribution in [0.15, 0.2) is 18.2 Å². The van der Waals surface area contributed by atoms with Crippen LogP contribution in [0.4, 0.5) is 5.69 Å². The Morgan fingerprint density at radius 1 is 1.09 bits per heavy atom. The van der Waals surface area contributed by atoms with E-state index in [9.17, 15) is 9.59 Å². The van der Waals surface area contributed by atoms with Crippen molar-refractivity contribution in [2.45, 2.75) is 40.0 Å². The molecule has 0 unspecified atom stereocenters. The largest absolute Gasteiger partial charge is 0.355 e. The molecule has 0 saturated carbocycles. The molecule has 0 aliphatic rings. The minimum atomic E-state index is -0.111. The number of carbonyl (C=O) groups is 2. The Morgan fingerprint density at radius 2 is 1.78 bits per heavy atom. The normalized spacial score (nSPS) is 10.7. The lowest BCUT2D eigenvalue weighted by atomic mass is 10.1. The molecule has 5 heteroatoms. The maximum absolute atomic E-state index is 12.1. The van der Waals surface area contributed by atoms with Gasteiger partial charge in [-0.05, 0) is 44.5 Å².